The summed E-state index contributed by atoms with van der Waals surface area (Å²) < 4.78 is 4.49. The number of benzene rings is 1. The lowest BCUT2D eigenvalue weighted by Crippen LogP contribution is -2.40. The van der Waals surface area contributed by atoms with Crippen molar-refractivity contribution in [3.8, 4) is 0 Å². The predicted octanol–water partition coefficient (Wildman–Crippen LogP) is 0.811. The number of rotatable bonds is 7. The zero-order valence-electron chi connectivity index (χ0n) is 11.3. The highest BCUT2D eigenvalue weighted by molar-refractivity contribution is 7.80. The monoisotopic (exact) mass is 294 g/mol. The lowest BCUT2D eigenvalue weighted by Gasteiger charge is -2.15. The first-order valence-corrected chi connectivity index (χ1v) is 6.63. The Balaban J connectivity index is 2.55. The van der Waals surface area contributed by atoms with Crippen LogP contribution in [-0.2, 0) is 20.7 Å². The van der Waals surface area contributed by atoms with Gasteiger partial charge in [0.15, 0.2) is 0 Å². The number of carbonyl (C=O) groups is 2. The minimum atomic E-state index is -0.579. The first-order valence-electron chi connectivity index (χ1n) is 6.22. The normalized spacial score (nSPS) is 11.4. The Hall–Kier alpha value is -1.95. The third-order valence-corrected chi connectivity index (χ3v) is 3.08. The molecule has 0 aliphatic heterocycles. The van der Waals surface area contributed by atoms with Gasteiger partial charge in [-0.25, -0.2) is 0 Å². The molecule has 0 bridgehead atoms. The van der Waals surface area contributed by atoms with Gasteiger partial charge in [0.2, 0.25) is 5.91 Å². The number of hydrogen-bond donors (Lipinski definition) is 2. The van der Waals surface area contributed by atoms with E-state index in [9.17, 15) is 9.59 Å². The second-order valence-electron chi connectivity index (χ2n) is 4.26. The average Bonchev–Trinajstić information content (AvgIpc) is 2.45. The quantitative estimate of drug-likeness (QED) is 0.574. The van der Waals surface area contributed by atoms with E-state index in [1.165, 1.54) is 7.11 Å². The van der Waals surface area contributed by atoms with Crippen LogP contribution in [0.25, 0.3) is 0 Å². The van der Waals surface area contributed by atoms with E-state index in [1.54, 1.807) is 0 Å². The predicted molar refractivity (Wildman–Crippen MR) is 80.1 cm³/mol. The van der Waals surface area contributed by atoms with E-state index in [4.69, 9.17) is 18.0 Å². The number of ether oxygens (including phenoxy) is 1. The molecule has 0 radical (unpaired) electrons. The van der Waals surface area contributed by atoms with Crippen molar-refractivity contribution in [1.29, 1.82) is 0 Å². The Morgan fingerprint density at radius 3 is 2.55 bits per heavy atom. The summed E-state index contributed by atoms with van der Waals surface area (Å²) in [7, 11) is 1.30. The molecule has 6 heteroatoms. The van der Waals surface area contributed by atoms with Gasteiger partial charge in [-0.3, -0.25) is 9.59 Å². The summed E-state index contributed by atoms with van der Waals surface area (Å²) in [6.45, 7) is 0.208. The molecule has 1 amide bonds. The molecule has 0 aliphatic rings. The van der Waals surface area contributed by atoms with Crippen LogP contribution in [0.5, 0.6) is 0 Å². The fraction of sp³-hybridized carbons (Fsp3) is 0.357. The standard InChI is InChI=1S/C14H18N2O3S/c1-19-12(17)7-8-16-14(18)11(13(15)20)9-10-5-3-2-4-6-10/h2-6,11H,7-9H2,1H3,(H2,15,20)(H,16,18). The summed E-state index contributed by atoms with van der Waals surface area (Å²) in [4.78, 5) is 23.1. The van der Waals surface area contributed by atoms with Crippen molar-refractivity contribution in [2.24, 2.45) is 11.7 Å². The molecular weight excluding hydrogens is 276 g/mol. The van der Waals surface area contributed by atoms with Gasteiger partial charge >= 0.3 is 5.97 Å². The fourth-order valence-corrected chi connectivity index (χ4v) is 1.88. The fourth-order valence-electron chi connectivity index (χ4n) is 1.69. The molecule has 3 N–H and O–H groups in total. The van der Waals surface area contributed by atoms with Crippen LogP contribution in [0.15, 0.2) is 30.3 Å². The first-order chi connectivity index (χ1) is 9.54. The summed E-state index contributed by atoms with van der Waals surface area (Å²) in [6.07, 6.45) is 0.567. The maximum absolute atomic E-state index is 12.0. The molecule has 20 heavy (non-hydrogen) atoms. The average molecular weight is 294 g/mol. The lowest BCUT2D eigenvalue weighted by molar-refractivity contribution is -0.140. The third-order valence-electron chi connectivity index (χ3n) is 2.80. The lowest BCUT2D eigenvalue weighted by atomic mass is 9.98. The minimum Gasteiger partial charge on any atom is -0.469 e. The van der Waals surface area contributed by atoms with Gasteiger partial charge in [0.05, 0.1) is 24.4 Å². The van der Waals surface area contributed by atoms with Gasteiger partial charge in [0, 0.05) is 6.54 Å². The van der Waals surface area contributed by atoms with Crippen molar-refractivity contribution in [1.82, 2.24) is 5.32 Å². The summed E-state index contributed by atoms with van der Waals surface area (Å²) in [5.41, 5.74) is 6.60. The van der Waals surface area contributed by atoms with Gasteiger partial charge in [0.1, 0.15) is 0 Å². The summed E-state index contributed by atoms with van der Waals surface area (Å²) >= 11 is 4.94. The number of nitrogens with two attached hydrogens (primary N) is 1. The van der Waals surface area contributed by atoms with Gasteiger partial charge in [-0.05, 0) is 12.0 Å². The van der Waals surface area contributed by atoms with Crippen molar-refractivity contribution in [3.63, 3.8) is 0 Å². The van der Waals surface area contributed by atoms with E-state index in [-0.39, 0.29) is 29.8 Å². The highest BCUT2D eigenvalue weighted by Gasteiger charge is 2.21. The van der Waals surface area contributed by atoms with Crippen molar-refractivity contribution < 1.29 is 14.3 Å². The molecule has 1 aromatic carbocycles. The van der Waals surface area contributed by atoms with Gasteiger partial charge in [-0.1, -0.05) is 42.5 Å². The molecule has 5 nitrogen and oxygen atoms in total. The molecule has 0 spiro atoms. The van der Waals surface area contributed by atoms with Crippen molar-refractivity contribution >= 4 is 29.1 Å². The highest BCUT2D eigenvalue weighted by atomic mass is 32.1. The Kier molecular flexibility index (Phi) is 6.66. The SMILES string of the molecule is COC(=O)CCNC(=O)C(Cc1ccccc1)C(N)=S. The Morgan fingerprint density at radius 2 is 2.00 bits per heavy atom. The number of hydrogen-bond acceptors (Lipinski definition) is 4. The van der Waals surface area contributed by atoms with Gasteiger partial charge in [-0.2, -0.15) is 0 Å². The summed E-state index contributed by atoms with van der Waals surface area (Å²) in [5, 5.41) is 2.64. The molecule has 1 aromatic rings. The molecule has 0 saturated carbocycles. The van der Waals surface area contributed by atoms with Crippen molar-refractivity contribution in [2.75, 3.05) is 13.7 Å². The van der Waals surface area contributed by atoms with Crippen LogP contribution in [0, 0.1) is 5.92 Å². The molecule has 1 rings (SSSR count). The van der Waals surface area contributed by atoms with E-state index in [2.05, 4.69) is 10.1 Å². The van der Waals surface area contributed by atoms with Gasteiger partial charge in [-0.15, -0.1) is 0 Å². The Morgan fingerprint density at radius 1 is 1.35 bits per heavy atom. The van der Waals surface area contributed by atoms with E-state index in [1.807, 2.05) is 30.3 Å². The Labute approximate surface area is 123 Å². The zero-order valence-corrected chi connectivity index (χ0v) is 12.1. The number of nitrogens with one attached hydrogen (secondary N) is 1. The molecule has 1 unspecified atom stereocenters. The number of thiocarbonyl (C=S) groups is 1. The van der Waals surface area contributed by atoms with Crippen LogP contribution in [0.2, 0.25) is 0 Å². The first kappa shape index (κ1) is 16.1. The van der Waals surface area contributed by atoms with E-state index in [0.29, 0.717) is 6.42 Å². The number of esters is 1. The molecule has 0 aromatic heterocycles. The third kappa shape index (κ3) is 5.36. The largest absolute Gasteiger partial charge is 0.469 e. The van der Waals surface area contributed by atoms with Crippen LogP contribution in [0.1, 0.15) is 12.0 Å². The smallest absolute Gasteiger partial charge is 0.307 e. The maximum Gasteiger partial charge on any atom is 0.307 e. The van der Waals surface area contributed by atoms with Crippen LogP contribution in [-0.4, -0.2) is 30.5 Å². The summed E-state index contributed by atoms with van der Waals surface area (Å²) in [6, 6.07) is 9.50. The van der Waals surface area contributed by atoms with Crippen LogP contribution in [0.4, 0.5) is 0 Å². The summed E-state index contributed by atoms with van der Waals surface area (Å²) in [5.74, 6) is -1.23. The molecule has 0 heterocycles. The van der Waals surface area contributed by atoms with Gasteiger partial charge in [0.25, 0.3) is 0 Å². The second kappa shape index (κ2) is 8.27. The van der Waals surface area contributed by atoms with Gasteiger partial charge < -0.3 is 15.8 Å². The highest BCUT2D eigenvalue weighted by Crippen LogP contribution is 2.09. The zero-order chi connectivity index (χ0) is 15.0. The maximum atomic E-state index is 12.0. The van der Waals surface area contributed by atoms with E-state index >= 15 is 0 Å². The van der Waals surface area contributed by atoms with Crippen LogP contribution >= 0.6 is 12.2 Å². The van der Waals surface area contributed by atoms with Crippen molar-refractivity contribution in [2.45, 2.75) is 12.8 Å². The number of carbonyl (C=O) groups excluding carboxylic acids is 2. The Bertz CT molecular complexity index is 477. The van der Waals surface area contributed by atoms with Crippen LogP contribution in [0.3, 0.4) is 0 Å². The molecule has 1 atom stereocenters. The number of methoxy groups -OCH3 is 1. The minimum absolute atomic E-state index is 0.123. The molecule has 0 aliphatic carbocycles. The van der Waals surface area contributed by atoms with E-state index < -0.39 is 5.92 Å². The topological polar surface area (TPSA) is 81.4 Å². The van der Waals surface area contributed by atoms with Crippen LogP contribution < -0.4 is 11.1 Å². The molecule has 108 valence electrons. The molecular formula is C14H18N2O3S. The van der Waals surface area contributed by atoms with E-state index in [0.717, 1.165) is 5.56 Å². The molecule has 0 fully saturated rings. The number of amides is 1. The van der Waals surface area contributed by atoms with Crippen molar-refractivity contribution in [3.05, 3.63) is 35.9 Å². The second-order valence-corrected chi connectivity index (χ2v) is 4.73. The molecule has 0 saturated heterocycles.